The van der Waals surface area contributed by atoms with E-state index in [-0.39, 0.29) is 0 Å². The zero-order valence-electron chi connectivity index (χ0n) is 9.17. The van der Waals surface area contributed by atoms with Gasteiger partial charge in [0.05, 0.1) is 0 Å². The summed E-state index contributed by atoms with van der Waals surface area (Å²) in [6.45, 7) is 8.99. The van der Waals surface area contributed by atoms with Crippen LogP contribution in [0.4, 0.5) is 0 Å². The van der Waals surface area contributed by atoms with Gasteiger partial charge in [-0.3, -0.25) is 0 Å². The van der Waals surface area contributed by atoms with Gasteiger partial charge in [-0.05, 0) is 29.4 Å². The highest BCUT2D eigenvalue weighted by atomic mass is 14.1. The lowest BCUT2D eigenvalue weighted by atomic mass is 9.98. The Morgan fingerprint density at radius 2 is 1.46 bits per heavy atom. The zero-order valence-corrected chi connectivity index (χ0v) is 9.17. The van der Waals surface area contributed by atoms with Gasteiger partial charge >= 0.3 is 0 Å². The molecule has 0 bridgehead atoms. The van der Waals surface area contributed by atoms with Crippen LogP contribution >= 0.6 is 0 Å². The van der Waals surface area contributed by atoms with Gasteiger partial charge in [0, 0.05) is 0 Å². The van der Waals surface area contributed by atoms with Crippen molar-refractivity contribution < 1.29 is 0 Å². The van der Waals surface area contributed by atoms with Crippen LogP contribution in [-0.2, 0) is 6.42 Å². The molecule has 1 aromatic carbocycles. The molecule has 0 N–H and O–H groups in total. The number of hydrogen-bond donors (Lipinski definition) is 0. The maximum Gasteiger partial charge on any atom is -0.0219 e. The van der Waals surface area contributed by atoms with Crippen LogP contribution < -0.4 is 0 Å². The smallest absolute Gasteiger partial charge is 0.0219 e. The Hall–Kier alpha value is -0.780. The predicted molar refractivity (Wildman–Crippen MR) is 59.1 cm³/mol. The topological polar surface area (TPSA) is 0 Å². The Morgan fingerprint density at radius 3 is 1.85 bits per heavy atom. The van der Waals surface area contributed by atoms with E-state index in [1.807, 2.05) is 0 Å². The second kappa shape index (κ2) is 4.45. The SMILES string of the molecule is CC(C)Cc1ccc(C(C)C)cc1. The molecule has 72 valence electrons. The normalized spacial score (nSPS) is 11.2. The van der Waals surface area contributed by atoms with Crippen molar-refractivity contribution in [1.29, 1.82) is 0 Å². The molecule has 0 atom stereocenters. The molecular weight excluding hydrogens is 156 g/mol. The molecule has 0 saturated carbocycles. The van der Waals surface area contributed by atoms with Crippen molar-refractivity contribution >= 4 is 0 Å². The first-order valence-corrected chi connectivity index (χ1v) is 5.18. The highest BCUT2D eigenvalue weighted by Gasteiger charge is 2.00. The largest absolute Gasteiger partial charge is 0.0625 e. The maximum atomic E-state index is 2.26. The number of hydrogen-bond acceptors (Lipinski definition) is 0. The summed E-state index contributed by atoms with van der Waals surface area (Å²) in [5.74, 6) is 1.40. The van der Waals surface area contributed by atoms with E-state index in [0.29, 0.717) is 5.92 Å². The van der Waals surface area contributed by atoms with Crippen LogP contribution in [0.15, 0.2) is 24.3 Å². The van der Waals surface area contributed by atoms with Crippen LogP contribution in [-0.4, -0.2) is 0 Å². The van der Waals surface area contributed by atoms with Crippen molar-refractivity contribution in [3.63, 3.8) is 0 Å². The average molecular weight is 176 g/mol. The summed E-state index contributed by atoms with van der Waals surface area (Å²) in [4.78, 5) is 0. The van der Waals surface area contributed by atoms with Gasteiger partial charge in [0.1, 0.15) is 0 Å². The Kier molecular flexibility index (Phi) is 3.53. The van der Waals surface area contributed by atoms with Crippen LogP contribution in [0.1, 0.15) is 44.7 Å². The molecule has 0 aromatic heterocycles. The molecule has 0 aliphatic rings. The molecule has 13 heavy (non-hydrogen) atoms. The quantitative estimate of drug-likeness (QED) is 0.652. The Labute approximate surface area is 82.0 Å². The van der Waals surface area contributed by atoms with Gasteiger partial charge in [0.2, 0.25) is 0 Å². The van der Waals surface area contributed by atoms with Gasteiger partial charge in [0.15, 0.2) is 0 Å². The van der Waals surface area contributed by atoms with Crippen LogP contribution in [0.5, 0.6) is 0 Å². The van der Waals surface area contributed by atoms with Crippen LogP contribution in [0.25, 0.3) is 0 Å². The van der Waals surface area contributed by atoms with Crippen molar-refractivity contribution in [3.05, 3.63) is 35.4 Å². The summed E-state index contributed by atoms with van der Waals surface area (Å²) in [6, 6.07) is 9.02. The van der Waals surface area contributed by atoms with E-state index in [2.05, 4.69) is 52.0 Å². The fourth-order valence-electron chi connectivity index (χ4n) is 1.51. The molecule has 0 amide bonds. The predicted octanol–water partition coefficient (Wildman–Crippen LogP) is 4.01. The zero-order chi connectivity index (χ0) is 9.84. The van der Waals surface area contributed by atoms with Crippen molar-refractivity contribution in [2.75, 3.05) is 0 Å². The van der Waals surface area contributed by atoms with E-state index in [0.717, 1.165) is 5.92 Å². The third-order valence-corrected chi connectivity index (χ3v) is 2.29. The van der Waals surface area contributed by atoms with Crippen LogP contribution in [0, 0.1) is 5.92 Å². The molecular formula is C13H20. The Balaban J connectivity index is 2.70. The van der Waals surface area contributed by atoms with Gasteiger partial charge in [-0.15, -0.1) is 0 Å². The monoisotopic (exact) mass is 176 g/mol. The van der Waals surface area contributed by atoms with E-state index >= 15 is 0 Å². The first-order chi connectivity index (χ1) is 6.09. The molecule has 0 heterocycles. The summed E-state index contributed by atoms with van der Waals surface area (Å²) in [7, 11) is 0. The minimum absolute atomic E-state index is 0.646. The first-order valence-electron chi connectivity index (χ1n) is 5.18. The maximum absolute atomic E-state index is 2.26. The van der Waals surface area contributed by atoms with Crippen molar-refractivity contribution in [2.24, 2.45) is 5.92 Å². The lowest BCUT2D eigenvalue weighted by molar-refractivity contribution is 0.647. The second-order valence-corrected chi connectivity index (χ2v) is 4.49. The summed E-state index contributed by atoms with van der Waals surface area (Å²) < 4.78 is 0. The molecule has 1 rings (SSSR count). The van der Waals surface area contributed by atoms with Gasteiger partial charge in [-0.1, -0.05) is 52.0 Å². The molecule has 0 unspecified atom stereocenters. The number of benzene rings is 1. The van der Waals surface area contributed by atoms with Gasteiger partial charge in [-0.25, -0.2) is 0 Å². The third-order valence-electron chi connectivity index (χ3n) is 2.29. The van der Waals surface area contributed by atoms with E-state index in [1.165, 1.54) is 17.5 Å². The average Bonchev–Trinajstić information content (AvgIpc) is 2.04. The van der Waals surface area contributed by atoms with Crippen molar-refractivity contribution in [1.82, 2.24) is 0 Å². The van der Waals surface area contributed by atoms with E-state index in [1.54, 1.807) is 0 Å². The number of rotatable bonds is 3. The lowest BCUT2D eigenvalue weighted by Crippen LogP contribution is -1.94. The van der Waals surface area contributed by atoms with Crippen molar-refractivity contribution in [3.8, 4) is 0 Å². The molecule has 0 spiro atoms. The minimum atomic E-state index is 0.646. The third kappa shape index (κ3) is 3.22. The molecule has 0 radical (unpaired) electrons. The molecule has 1 aromatic rings. The first kappa shape index (κ1) is 10.3. The van der Waals surface area contributed by atoms with Gasteiger partial charge in [0.25, 0.3) is 0 Å². The van der Waals surface area contributed by atoms with Crippen molar-refractivity contribution in [2.45, 2.75) is 40.0 Å². The Morgan fingerprint density at radius 1 is 0.923 bits per heavy atom. The second-order valence-electron chi connectivity index (χ2n) is 4.49. The van der Waals surface area contributed by atoms with E-state index in [9.17, 15) is 0 Å². The lowest BCUT2D eigenvalue weighted by Gasteiger charge is -2.08. The Bertz CT molecular complexity index is 241. The van der Waals surface area contributed by atoms with Gasteiger partial charge in [-0.2, -0.15) is 0 Å². The fourth-order valence-corrected chi connectivity index (χ4v) is 1.51. The highest BCUT2D eigenvalue weighted by Crippen LogP contribution is 2.16. The molecule has 0 heteroatoms. The summed E-state index contributed by atoms with van der Waals surface area (Å²) in [5.41, 5.74) is 2.90. The van der Waals surface area contributed by atoms with Crippen LogP contribution in [0.3, 0.4) is 0 Å². The summed E-state index contributed by atoms with van der Waals surface area (Å²) >= 11 is 0. The highest BCUT2D eigenvalue weighted by molar-refractivity contribution is 5.24. The minimum Gasteiger partial charge on any atom is -0.0625 e. The molecule has 0 aliphatic heterocycles. The fraction of sp³-hybridized carbons (Fsp3) is 0.538. The summed E-state index contributed by atoms with van der Waals surface area (Å²) in [6.07, 6.45) is 1.19. The van der Waals surface area contributed by atoms with E-state index < -0.39 is 0 Å². The standard InChI is InChI=1S/C13H20/c1-10(2)9-12-5-7-13(8-6-12)11(3)4/h5-8,10-11H,9H2,1-4H3. The van der Waals surface area contributed by atoms with E-state index in [4.69, 9.17) is 0 Å². The van der Waals surface area contributed by atoms with Gasteiger partial charge < -0.3 is 0 Å². The van der Waals surface area contributed by atoms with Crippen LogP contribution in [0.2, 0.25) is 0 Å². The molecule has 0 saturated heterocycles. The molecule has 0 nitrogen and oxygen atoms in total. The summed E-state index contributed by atoms with van der Waals surface area (Å²) in [5, 5.41) is 0. The molecule has 0 aliphatic carbocycles. The molecule has 0 fully saturated rings.